The first-order valence-corrected chi connectivity index (χ1v) is 8.67. The fourth-order valence-corrected chi connectivity index (χ4v) is 3.18. The van der Waals surface area contributed by atoms with E-state index in [1.54, 1.807) is 26.0 Å². The molecule has 118 valence electrons. The number of carbonyl (C=O) groups excluding carboxylic acids is 1. The largest absolute Gasteiger partial charge is 0.326 e. The highest BCUT2D eigenvalue weighted by Crippen LogP contribution is 2.16. The highest BCUT2D eigenvalue weighted by molar-refractivity contribution is 7.89. The molecule has 1 aromatic carbocycles. The molecule has 1 amide bonds. The van der Waals surface area contributed by atoms with Gasteiger partial charge in [0.25, 0.3) is 0 Å². The molecule has 0 spiro atoms. The Balaban J connectivity index is 2.77. The molecule has 1 atom stereocenters. The number of carbonyl (C=O) groups is 1. The topological polar surface area (TPSA) is 75.3 Å². The Morgan fingerprint density at radius 3 is 2.19 bits per heavy atom. The van der Waals surface area contributed by atoms with E-state index in [0.29, 0.717) is 5.69 Å². The Morgan fingerprint density at radius 2 is 1.71 bits per heavy atom. The van der Waals surface area contributed by atoms with Crippen LogP contribution >= 0.6 is 0 Å². The highest BCUT2D eigenvalue weighted by Gasteiger charge is 2.16. The summed E-state index contributed by atoms with van der Waals surface area (Å²) in [6, 6.07) is 6.02. The Labute approximate surface area is 127 Å². The zero-order chi connectivity index (χ0) is 16.0. The van der Waals surface area contributed by atoms with Crippen LogP contribution in [-0.2, 0) is 14.8 Å². The molecular formula is C15H24N2O3S. The van der Waals surface area contributed by atoms with Crippen molar-refractivity contribution < 1.29 is 13.2 Å². The second kappa shape index (κ2) is 7.56. The van der Waals surface area contributed by atoms with Crippen LogP contribution in [0.1, 0.15) is 40.5 Å². The van der Waals surface area contributed by atoms with E-state index in [4.69, 9.17) is 0 Å². The van der Waals surface area contributed by atoms with Gasteiger partial charge in [-0.05, 0) is 44.5 Å². The minimum atomic E-state index is -3.49. The predicted octanol–water partition coefficient (Wildman–Crippen LogP) is 2.75. The van der Waals surface area contributed by atoms with Crippen LogP contribution in [0.25, 0.3) is 0 Å². The van der Waals surface area contributed by atoms with Gasteiger partial charge in [-0.1, -0.05) is 20.3 Å². The molecule has 1 unspecified atom stereocenters. The molecule has 0 radical (unpaired) electrons. The van der Waals surface area contributed by atoms with Gasteiger partial charge in [-0.25, -0.2) is 13.1 Å². The maximum Gasteiger partial charge on any atom is 0.240 e. The number of rotatable bonds is 7. The van der Waals surface area contributed by atoms with Crippen LogP contribution in [0, 0.1) is 5.92 Å². The molecule has 0 saturated carbocycles. The number of anilines is 1. The van der Waals surface area contributed by atoms with Gasteiger partial charge in [-0.15, -0.1) is 0 Å². The van der Waals surface area contributed by atoms with Crippen LogP contribution < -0.4 is 10.0 Å². The van der Waals surface area contributed by atoms with Crippen molar-refractivity contribution in [3.05, 3.63) is 24.3 Å². The van der Waals surface area contributed by atoms with Gasteiger partial charge in [0.1, 0.15) is 0 Å². The first kappa shape index (κ1) is 17.7. The predicted molar refractivity (Wildman–Crippen MR) is 84.6 cm³/mol. The summed E-state index contributed by atoms with van der Waals surface area (Å²) in [4.78, 5) is 12.1. The minimum absolute atomic E-state index is 0.0484. The number of nitrogens with one attached hydrogen (secondary N) is 2. The molecule has 0 heterocycles. The van der Waals surface area contributed by atoms with E-state index in [1.807, 2.05) is 13.8 Å². The van der Waals surface area contributed by atoms with E-state index in [2.05, 4.69) is 10.0 Å². The Bertz CT molecular complexity index is 565. The lowest BCUT2D eigenvalue weighted by molar-refractivity contribution is -0.119. The lowest BCUT2D eigenvalue weighted by Crippen LogP contribution is -2.30. The molecule has 0 aliphatic carbocycles. The van der Waals surface area contributed by atoms with Crippen LogP contribution in [0.2, 0.25) is 0 Å². The van der Waals surface area contributed by atoms with Crippen molar-refractivity contribution in [2.75, 3.05) is 5.32 Å². The van der Waals surface area contributed by atoms with Crippen molar-refractivity contribution in [3.63, 3.8) is 0 Å². The Hall–Kier alpha value is -1.40. The van der Waals surface area contributed by atoms with Crippen molar-refractivity contribution in [3.8, 4) is 0 Å². The first-order valence-electron chi connectivity index (χ1n) is 7.19. The molecule has 0 aliphatic rings. The van der Waals surface area contributed by atoms with Crippen molar-refractivity contribution in [1.29, 1.82) is 0 Å². The van der Waals surface area contributed by atoms with Gasteiger partial charge in [0.05, 0.1) is 4.90 Å². The van der Waals surface area contributed by atoms with Crippen LogP contribution in [-0.4, -0.2) is 20.4 Å². The second-order valence-electron chi connectivity index (χ2n) is 5.48. The second-order valence-corrected chi connectivity index (χ2v) is 7.19. The zero-order valence-corrected chi connectivity index (χ0v) is 13.8. The van der Waals surface area contributed by atoms with Crippen LogP contribution in [0.15, 0.2) is 29.2 Å². The van der Waals surface area contributed by atoms with Crippen molar-refractivity contribution in [2.45, 2.75) is 51.5 Å². The molecule has 0 aromatic heterocycles. The monoisotopic (exact) mass is 312 g/mol. The fraction of sp³-hybridized carbons (Fsp3) is 0.533. The van der Waals surface area contributed by atoms with Crippen molar-refractivity contribution in [2.24, 2.45) is 5.92 Å². The van der Waals surface area contributed by atoms with Gasteiger partial charge in [-0.2, -0.15) is 0 Å². The zero-order valence-electron chi connectivity index (χ0n) is 13.0. The van der Waals surface area contributed by atoms with Crippen molar-refractivity contribution in [1.82, 2.24) is 4.72 Å². The van der Waals surface area contributed by atoms with Gasteiger partial charge in [-0.3, -0.25) is 4.79 Å². The van der Waals surface area contributed by atoms with Crippen LogP contribution in [0.5, 0.6) is 0 Å². The van der Waals surface area contributed by atoms with Gasteiger partial charge < -0.3 is 5.32 Å². The summed E-state index contributed by atoms with van der Waals surface area (Å²) in [5, 5.41) is 2.79. The van der Waals surface area contributed by atoms with E-state index >= 15 is 0 Å². The Morgan fingerprint density at radius 1 is 1.14 bits per heavy atom. The van der Waals surface area contributed by atoms with E-state index < -0.39 is 10.0 Å². The smallest absolute Gasteiger partial charge is 0.240 e. The Kier molecular flexibility index (Phi) is 6.36. The SMILES string of the molecule is CCCC(C)C(=O)Nc1ccc(S(=O)(=O)NC(C)C)cc1. The molecule has 0 bridgehead atoms. The average Bonchev–Trinajstić information content (AvgIpc) is 2.38. The summed E-state index contributed by atoms with van der Waals surface area (Å²) in [6.45, 7) is 7.44. The molecule has 0 saturated heterocycles. The maximum atomic E-state index is 12.0. The van der Waals surface area contributed by atoms with Crippen LogP contribution in [0.3, 0.4) is 0 Å². The lowest BCUT2D eigenvalue weighted by Gasteiger charge is -2.12. The number of hydrogen-bond donors (Lipinski definition) is 2. The third-order valence-corrected chi connectivity index (χ3v) is 4.67. The van der Waals surface area contributed by atoms with E-state index in [9.17, 15) is 13.2 Å². The number of hydrogen-bond acceptors (Lipinski definition) is 3. The molecule has 0 aliphatic heterocycles. The molecular weight excluding hydrogens is 288 g/mol. The normalized spacial score (nSPS) is 13.2. The highest BCUT2D eigenvalue weighted by atomic mass is 32.2. The lowest BCUT2D eigenvalue weighted by atomic mass is 10.1. The average molecular weight is 312 g/mol. The molecule has 2 N–H and O–H groups in total. The molecule has 6 heteroatoms. The van der Waals surface area contributed by atoms with Crippen molar-refractivity contribution >= 4 is 21.6 Å². The molecule has 21 heavy (non-hydrogen) atoms. The summed E-state index contributed by atoms with van der Waals surface area (Å²) >= 11 is 0. The van der Waals surface area contributed by atoms with Gasteiger partial charge in [0.2, 0.25) is 15.9 Å². The third-order valence-electron chi connectivity index (χ3n) is 2.99. The minimum Gasteiger partial charge on any atom is -0.326 e. The van der Waals surface area contributed by atoms with E-state index in [-0.39, 0.29) is 22.8 Å². The number of sulfonamides is 1. The van der Waals surface area contributed by atoms with Gasteiger partial charge in [0.15, 0.2) is 0 Å². The standard InChI is InChI=1S/C15H24N2O3S/c1-5-6-12(4)15(18)16-13-7-9-14(10-8-13)21(19,20)17-11(2)3/h7-12,17H,5-6H2,1-4H3,(H,16,18). The quantitative estimate of drug-likeness (QED) is 0.813. The number of benzene rings is 1. The fourth-order valence-electron chi connectivity index (χ4n) is 1.93. The van der Waals surface area contributed by atoms with Crippen LogP contribution in [0.4, 0.5) is 5.69 Å². The molecule has 0 fully saturated rings. The summed E-state index contributed by atoms with van der Waals surface area (Å²) in [5.74, 6) is -0.103. The first-order chi connectivity index (χ1) is 9.76. The molecule has 1 aromatic rings. The molecule has 5 nitrogen and oxygen atoms in total. The summed E-state index contributed by atoms with van der Waals surface area (Å²) in [5.41, 5.74) is 0.603. The summed E-state index contributed by atoms with van der Waals surface area (Å²) in [6.07, 6.45) is 1.78. The summed E-state index contributed by atoms with van der Waals surface area (Å²) in [7, 11) is -3.49. The summed E-state index contributed by atoms with van der Waals surface area (Å²) < 4.78 is 26.5. The number of amides is 1. The van der Waals surface area contributed by atoms with Gasteiger partial charge >= 0.3 is 0 Å². The van der Waals surface area contributed by atoms with E-state index in [0.717, 1.165) is 12.8 Å². The maximum absolute atomic E-state index is 12.0. The van der Waals surface area contributed by atoms with E-state index in [1.165, 1.54) is 12.1 Å². The third kappa shape index (κ3) is 5.47. The van der Waals surface area contributed by atoms with Gasteiger partial charge in [0, 0.05) is 17.6 Å². The molecule has 1 rings (SSSR count).